The first-order valence-corrected chi connectivity index (χ1v) is 11.8. The van der Waals surface area contributed by atoms with Crippen LogP contribution in [0.2, 0.25) is 0 Å². The second kappa shape index (κ2) is 11.7. The maximum Gasteiger partial charge on any atom is 0.275 e. The summed E-state index contributed by atoms with van der Waals surface area (Å²) in [6, 6.07) is 13.3. The van der Waals surface area contributed by atoms with Crippen molar-refractivity contribution in [3.63, 3.8) is 0 Å². The van der Waals surface area contributed by atoms with E-state index in [1.165, 1.54) is 14.1 Å². The molecule has 0 spiro atoms. The summed E-state index contributed by atoms with van der Waals surface area (Å²) in [5.41, 5.74) is 10.4. The highest BCUT2D eigenvalue weighted by molar-refractivity contribution is 6.05. The first-order chi connectivity index (χ1) is 16.8. The first kappa shape index (κ1) is 26.1. The van der Waals surface area contributed by atoms with Crippen molar-refractivity contribution in [1.82, 2.24) is 15.2 Å². The van der Waals surface area contributed by atoms with Crippen LogP contribution >= 0.6 is 0 Å². The lowest BCUT2D eigenvalue weighted by atomic mass is 10.00. The van der Waals surface area contributed by atoms with Gasteiger partial charge in [0.1, 0.15) is 5.84 Å². The van der Waals surface area contributed by atoms with E-state index in [4.69, 9.17) is 10.7 Å². The third-order valence-electron chi connectivity index (χ3n) is 5.66. The maximum atomic E-state index is 12.7. The molecule has 2 amide bonds. The molecule has 186 valence electrons. The number of fused-ring (bicyclic) bond motifs is 1. The molecule has 2 aromatic rings. The molecule has 0 aromatic heterocycles. The van der Waals surface area contributed by atoms with E-state index in [0.717, 1.165) is 47.7 Å². The predicted octanol–water partition coefficient (Wildman–Crippen LogP) is 4.02. The van der Waals surface area contributed by atoms with Crippen LogP contribution in [0, 0.1) is 0 Å². The molecule has 1 saturated heterocycles. The summed E-state index contributed by atoms with van der Waals surface area (Å²) >= 11 is 0. The van der Waals surface area contributed by atoms with Gasteiger partial charge in [0.25, 0.3) is 11.8 Å². The van der Waals surface area contributed by atoms with Gasteiger partial charge in [-0.25, -0.2) is 4.99 Å². The zero-order chi connectivity index (χ0) is 25.5. The fourth-order valence-corrected chi connectivity index (χ4v) is 4.03. The van der Waals surface area contributed by atoms with Gasteiger partial charge in [0.2, 0.25) is 0 Å². The van der Waals surface area contributed by atoms with Crippen molar-refractivity contribution < 1.29 is 19.7 Å². The van der Waals surface area contributed by atoms with Crippen LogP contribution in [0.3, 0.4) is 0 Å². The molecule has 0 atom stereocenters. The fraction of sp³-hybridized carbons (Fsp3) is 0.346. The van der Waals surface area contributed by atoms with E-state index in [1.54, 1.807) is 6.08 Å². The van der Waals surface area contributed by atoms with Gasteiger partial charge in [0.05, 0.1) is 5.69 Å². The number of benzene rings is 2. The van der Waals surface area contributed by atoms with E-state index >= 15 is 0 Å². The summed E-state index contributed by atoms with van der Waals surface area (Å²) in [4.78, 5) is 36.5. The highest BCUT2D eigenvalue weighted by Crippen LogP contribution is 2.32. The summed E-state index contributed by atoms with van der Waals surface area (Å²) in [6.07, 6.45) is 4.00. The summed E-state index contributed by atoms with van der Waals surface area (Å²) < 4.78 is 0. The van der Waals surface area contributed by atoms with E-state index in [-0.39, 0.29) is 12.3 Å². The molecular weight excluding hydrogens is 446 g/mol. The Morgan fingerprint density at radius 2 is 1.66 bits per heavy atom. The molecule has 35 heavy (non-hydrogen) atoms. The van der Waals surface area contributed by atoms with Crippen molar-refractivity contribution in [3.8, 4) is 11.1 Å². The van der Waals surface area contributed by atoms with Crippen LogP contribution in [0.5, 0.6) is 0 Å². The van der Waals surface area contributed by atoms with Gasteiger partial charge in [-0.05, 0) is 53.5 Å². The third kappa shape index (κ3) is 6.33. The second-order valence-electron chi connectivity index (χ2n) is 8.15. The Labute approximate surface area is 206 Å². The van der Waals surface area contributed by atoms with Gasteiger partial charge in [0, 0.05) is 50.3 Å². The average molecular weight is 480 g/mol. The smallest absolute Gasteiger partial charge is 0.275 e. The average Bonchev–Trinajstić information content (AvgIpc) is 3.34. The van der Waals surface area contributed by atoms with Crippen LogP contribution in [0.25, 0.3) is 17.2 Å². The number of nitrogens with two attached hydrogens (primary N) is 1. The molecule has 9 nitrogen and oxygen atoms in total. The molecule has 0 unspecified atom stereocenters. The number of hydroxylamine groups is 4. The van der Waals surface area contributed by atoms with Crippen molar-refractivity contribution in [2.45, 2.75) is 33.1 Å². The standard InChI is InChI=1S/C24H27N5O4.C2H6/c1-27(33-28(2)32)23(30)20-13-19-10-9-18(14-21(19)26-22(25)15-20)16-5-7-17(8-6-16)24(31)29-11-3-4-12-29;1-2/h5-10,13-14,32H,3-4,11-12,15H2,1-2H3,(H2,25,26);1-2H3. The molecule has 3 N–H and O–H groups in total. The van der Waals surface area contributed by atoms with E-state index in [2.05, 4.69) is 4.99 Å². The van der Waals surface area contributed by atoms with Crippen molar-refractivity contribution in [1.29, 1.82) is 0 Å². The molecule has 2 heterocycles. The molecule has 4 rings (SSSR count). The largest absolute Gasteiger partial charge is 0.387 e. The summed E-state index contributed by atoms with van der Waals surface area (Å²) in [5.74, 6) is -0.0749. The number of hydrogen-bond donors (Lipinski definition) is 2. The summed E-state index contributed by atoms with van der Waals surface area (Å²) in [5, 5.41) is 10.6. The monoisotopic (exact) mass is 479 g/mol. The number of amides is 2. The fourth-order valence-electron chi connectivity index (χ4n) is 4.03. The molecule has 0 saturated carbocycles. The van der Waals surface area contributed by atoms with Gasteiger partial charge < -0.3 is 10.6 Å². The van der Waals surface area contributed by atoms with Gasteiger partial charge in [-0.1, -0.05) is 38.1 Å². The molecule has 0 aliphatic carbocycles. The van der Waals surface area contributed by atoms with Crippen LogP contribution in [0.1, 0.15) is 49.0 Å². The molecule has 0 bridgehead atoms. The van der Waals surface area contributed by atoms with Crippen LogP contribution < -0.4 is 5.73 Å². The molecule has 2 aliphatic heterocycles. The summed E-state index contributed by atoms with van der Waals surface area (Å²) in [6.45, 7) is 5.64. The number of rotatable bonds is 5. The topological polar surface area (TPSA) is 112 Å². The highest BCUT2D eigenvalue weighted by Gasteiger charge is 2.22. The SMILES string of the molecule is CC.CN(O)ON(C)C(=O)C1=Cc2ccc(-c3ccc(C(=O)N4CCCC4)cc3)cc2N=C(N)C1. The number of hydrogen-bond acceptors (Lipinski definition) is 7. The van der Waals surface area contributed by atoms with E-state index < -0.39 is 5.91 Å². The lowest BCUT2D eigenvalue weighted by molar-refractivity contribution is -0.406. The zero-order valence-electron chi connectivity index (χ0n) is 20.7. The third-order valence-corrected chi connectivity index (χ3v) is 5.66. The zero-order valence-corrected chi connectivity index (χ0v) is 20.7. The first-order valence-electron chi connectivity index (χ1n) is 11.8. The van der Waals surface area contributed by atoms with Crippen molar-refractivity contribution in [3.05, 3.63) is 59.2 Å². The van der Waals surface area contributed by atoms with E-state index in [0.29, 0.717) is 27.9 Å². The molecule has 0 radical (unpaired) electrons. The lowest BCUT2D eigenvalue weighted by Gasteiger charge is -2.19. The Kier molecular flexibility index (Phi) is 8.75. The Morgan fingerprint density at radius 3 is 2.29 bits per heavy atom. The minimum atomic E-state index is -0.441. The number of aliphatic imine (C=N–C) groups is 1. The van der Waals surface area contributed by atoms with Crippen LogP contribution in [-0.2, 0) is 9.73 Å². The van der Waals surface area contributed by atoms with Crippen molar-refractivity contribution >= 4 is 29.4 Å². The number of carbonyl (C=O) groups excluding carboxylic acids is 2. The number of likely N-dealkylation sites (tertiary alicyclic amines) is 1. The minimum absolute atomic E-state index is 0.0713. The maximum absolute atomic E-state index is 12.7. The number of nitrogens with zero attached hydrogens (tertiary/aromatic N) is 4. The van der Waals surface area contributed by atoms with E-state index in [1.807, 2.05) is 61.2 Å². The molecule has 1 fully saturated rings. The van der Waals surface area contributed by atoms with Gasteiger partial charge in [0.15, 0.2) is 0 Å². The Bertz CT molecular complexity index is 1120. The number of amidine groups is 1. The predicted molar refractivity (Wildman–Crippen MR) is 136 cm³/mol. The van der Waals surface area contributed by atoms with Gasteiger partial charge in [-0.2, -0.15) is 10.0 Å². The van der Waals surface area contributed by atoms with Gasteiger partial charge in [-0.3, -0.25) is 14.8 Å². The number of carbonyl (C=O) groups is 2. The molecule has 2 aromatic carbocycles. The van der Waals surface area contributed by atoms with Gasteiger partial charge >= 0.3 is 0 Å². The minimum Gasteiger partial charge on any atom is -0.387 e. The Hall–Kier alpha value is -3.53. The lowest BCUT2D eigenvalue weighted by Crippen LogP contribution is -2.34. The van der Waals surface area contributed by atoms with E-state index in [9.17, 15) is 14.8 Å². The summed E-state index contributed by atoms with van der Waals surface area (Å²) in [7, 11) is 2.66. The van der Waals surface area contributed by atoms with Crippen molar-refractivity contribution in [2.75, 3.05) is 27.2 Å². The van der Waals surface area contributed by atoms with Crippen LogP contribution in [0.4, 0.5) is 5.69 Å². The quantitative estimate of drug-likeness (QED) is 0.627. The molecule has 2 aliphatic rings. The normalized spacial score (nSPS) is 14.9. The van der Waals surface area contributed by atoms with Crippen molar-refractivity contribution in [2.24, 2.45) is 10.7 Å². The Morgan fingerprint density at radius 1 is 1.03 bits per heavy atom. The molecular formula is C26H33N5O4. The Balaban J connectivity index is 0.00000167. The highest BCUT2D eigenvalue weighted by atomic mass is 17.0. The van der Waals surface area contributed by atoms with Crippen LogP contribution in [0.15, 0.2) is 53.0 Å². The molecule has 9 heteroatoms. The van der Waals surface area contributed by atoms with Gasteiger partial charge in [-0.15, -0.1) is 0 Å². The van der Waals surface area contributed by atoms with Crippen LogP contribution in [-0.4, -0.2) is 65.2 Å². The second-order valence-corrected chi connectivity index (χ2v) is 8.15. The number of likely N-dealkylation sites (N-methyl/N-ethyl adjacent to an activating group) is 1.